The average Bonchev–Trinajstić information content (AvgIpc) is 3.80. The van der Waals surface area contributed by atoms with Crippen molar-refractivity contribution in [1.29, 1.82) is 0 Å². The van der Waals surface area contributed by atoms with E-state index in [1.807, 2.05) is 79.7 Å². The van der Waals surface area contributed by atoms with Gasteiger partial charge in [-0.15, -0.1) is 0 Å². The number of unbranched alkanes of at least 4 members (excludes halogenated alkanes) is 1. The Bertz CT molecular complexity index is 1420. The monoisotopic (exact) mass is 545 g/mol. The molecule has 41 heavy (non-hydrogen) atoms. The molecule has 4 aromatic carbocycles. The first-order valence-electron chi connectivity index (χ1n) is 14.6. The van der Waals surface area contributed by atoms with E-state index in [4.69, 9.17) is 0 Å². The van der Waals surface area contributed by atoms with E-state index in [2.05, 4.69) is 52.3 Å². The SMILES string of the molecule is Cc1cccc(CNC(=O)[C@H](CCCCN[C@H]2C[C@@H]2c2ccccc2)NC(=O)c2ccc(-c3ccccc3)cc2)c1. The lowest BCUT2D eigenvalue weighted by molar-refractivity contribution is -0.123. The molecule has 1 saturated carbocycles. The maximum absolute atomic E-state index is 13.2. The van der Waals surface area contributed by atoms with Gasteiger partial charge in [0.2, 0.25) is 5.91 Å². The van der Waals surface area contributed by atoms with E-state index in [9.17, 15) is 9.59 Å². The third-order valence-electron chi connectivity index (χ3n) is 7.77. The molecule has 0 radical (unpaired) electrons. The molecule has 5 rings (SSSR count). The molecule has 1 aliphatic rings. The van der Waals surface area contributed by atoms with Crippen LogP contribution in [0.5, 0.6) is 0 Å². The lowest BCUT2D eigenvalue weighted by atomic mass is 10.0. The molecule has 0 aromatic heterocycles. The Morgan fingerprint density at radius 3 is 2.24 bits per heavy atom. The highest BCUT2D eigenvalue weighted by molar-refractivity contribution is 5.97. The normalized spacial score (nSPS) is 16.5. The first-order chi connectivity index (χ1) is 20.1. The van der Waals surface area contributed by atoms with Gasteiger partial charge in [0.1, 0.15) is 6.04 Å². The molecular weight excluding hydrogens is 506 g/mol. The van der Waals surface area contributed by atoms with Crippen molar-refractivity contribution in [3.8, 4) is 11.1 Å². The minimum absolute atomic E-state index is 0.153. The van der Waals surface area contributed by atoms with Crippen LogP contribution < -0.4 is 16.0 Å². The van der Waals surface area contributed by atoms with Crippen LogP contribution >= 0.6 is 0 Å². The summed E-state index contributed by atoms with van der Waals surface area (Å²) >= 11 is 0. The Balaban J connectivity index is 1.15. The number of carbonyl (C=O) groups is 2. The van der Waals surface area contributed by atoms with Gasteiger partial charge in [0, 0.05) is 24.1 Å². The topological polar surface area (TPSA) is 70.2 Å². The van der Waals surface area contributed by atoms with Gasteiger partial charge in [-0.05, 0) is 73.5 Å². The van der Waals surface area contributed by atoms with Gasteiger partial charge in [0.25, 0.3) is 5.91 Å². The van der Waals surface area contributed by atoms with Crippen LogP contribution in [0.1, 0.15) is 58.6 Å². The molecule has 0 spiro atoms. The van der Waals surface area contributed by atoms with Crippen LogP contribution in [0, 0.1) is 6.92 Å². The molecule has 1 fully saturated rings. The van der Waals surface area contributed by atoms with E-state index in [0.29, 0.717) is 30.5 Å². The van der Waals surface area contributed by atoms with E-state index in [-0.39, 0.29) is 11.8 Å². The number of aryl methyl sites for hydroxylation is 1. The van der Waals surface area contributed by atoms with Gasteiger partial charge in [-0.25, -0.2) is 0 Å². The first kappa shape index (κ1) is 28.3. The molecule has 4 aromatic rings. The summed E-state index contributed by atoms with van der Waals surface area (Å²) in [5, 5.41) is 9.70. The third kappa shape index (κ3) is 8.15. The molecule has 5 nitrogen and oxygen atoms in total. The van der Waals surface area contributed by atoms with E-state index < -0.39 is 6.04 Å². The zero-order valence-electron chi connectivity index (χ0n) is 23.7. The van der Waals surface area contributed by atoms with Crippen molar-refractivity contribution in [2.24, 2.45) is 0 Å². The fourth-order valence-corrected chi connectivity index (χ4v) is 5.34. The number of hydrogen-bond donors (Lipinski definition) is 3. The Kier molecular flexibility index (Phi) is 9.61. The van der Waals surface area contributed by atoms with Crippen molar-refractivity contribution in [3.05, 3.63) is 131 Å². The summed E-state index contributed by atoms with van der Waals surface area (Å²) in [6.07, 6.45) is 3.54. The quantitative estimate of drug-likeness (QED) is 0.171. The summed E-state index contributed by atoms with van der Waals surface area (Å²) in [7, 11) is 0. The fraction of sp³-hybridized carbons (Fsp3) is 0.278. The molecular formula is C36H39N3O2. The van der Waals surface area contributed by atoms with E-state index in [0.717, 1.165) is 41.6 Å². The van der Waals surface area contributed by atoms with Crippen molar-refractivity contribution >= 4 is 11.8 Å². The second-order valence-electron chi connectivity index (χ2n) is 11.0. The molecule has 1 aliphatic carbocycles. The van der Waals surface area contributed by atoms with Gasteiger partial charge >= 0.3 is 0 Å². The van der Waals surface area contributed by atoms with E-state index in [1.165, 1.54) is 12.0 Å². The van der Waals surface area contributed by atoms with Crippen molar-refractivity contribution in [3.63, 3.8) is 0 Å². The van der Waals surface area contributed by atoms with Gasteiger partial charge in [-0.2, -0.15) is 0 Å². The zero-order chi connectivity index (χ0) is 28.4. The Morgan fingerprint density at radius 1 is 0.805 bits per heavy atom. The van der Waals surface area contributed by atoms with Crippen LogP contribution in [0.2, 0.25) is 0 Å². The average molecular weight is 546 g/mol. The zero-order valence-corrected chi connectivity index (χ0v) is 23.7. The Morgan fingerprint density at radius 2 is 1.51 bits per heavy atom. The van der Waals surface area contributed by atoms with Crippen molar-refractivity contribution in [1.82, 2.24) is 16.0 Å². The van der Waals surface area contributed by atoms with Crippen LogP contribution in [-0.4, -0.2) is 30.4 Å². The highest BCUT2D eigenvalue weighted by atomic mass is 16.2. The summed E-state index contributed by atoms with van der Waals surface area (Å²) in [6, 6.07) is 36.3. The molecule has 0 heterocycles. The summed E-state index contributed by atoms with van der Waals surface area (Å²) in [4.78, 5) is 26.4. The maximum Gasteiger partial charge on any atom is 0.251 e. The van der Waals surface area contributed by atoms with Crippen LogP contribution in [0.4, 0.5) is 0 Å². The predicted octanol–water partition coefficient (Wildman–Crippen LogP) is 6.39. The van der Waals surface area contributed by atoms with Gasteiger partial charge < -0.3 is 16.0 Å². The summed E-state index contributed by atoms with van der Waals surface area (Å²) < 4.78 is 0. The second kappa shape index (κ2) is 13.9. The lowest BCUT2D eigenvalue weighted by Crippen LogP contribution is -2.46. The molecule has 3 N–H and O–H groups in total. The molecule has 0 unspecified atom stereocenters. The van der Waals surface area contributed by atoms with Crippen molar-refractivity contribution in [2.45, 2.75) is 57.2 Å². The highest BCUT2D eigenvalue weighted by Gasteiger charge is 2.37. The molecule has 0 bridgehead atoms. The van der Waals surface area contributed by atoms with Gasteiger partial charge in [0.15, 0.2) is 0 Å². The Labute approximate surface area is 243 Å². The number of rotatable bonds is 13. The van der Waals surface area contributed by atoms with Crippen LogP contribution in [0.15, 0.2) is 109 Å². The molecule has 210 valence electrons. The number of hydrogen-bond acceptors (Lipinski definition) is 3. The lowest BCUT2D eigenvalue weighted by Gasteiger charge is -2.19. The van der Waals surface area contributed by atoms with E-state index >= 15 is 0 Å². The number of benzene rings is 4. The highest BCUT2D eigenvalue weighted by Crippen LogP contribution is 2.40. The minimum atomic E-state index is -0.598. The largest absolute Gasteiger partial charge is 0.350 e. The summed E-state index contributed by atoms with van der Waals surface area (Å²) in [5.74, 6) is 0.214. The third-order valence-corrected chi connectivity index (χ3v) is 7.77. The molecule has 5 heteroatoms. The summed E-state index contributed by atoms with van der Waals surface area (Å²) in [5.41, 5.74) is 6.29. The molecule has 0 saturated heterocycles. The molecule has 0 aliphatic heterocycles. The van der Waals surface area contributed by atoms with Crippen LogP contribution in [-0.2, 0) is 11.3 Å². The summed E-state index contributed by atoms with van der Waals surface area (Å²) in [6.45, 7) is 3.37. The van der Waals surface area contributed by atoms with Crippen molar-refractivity contribution in [2.75, 3.05) is 6.54 Å². The van der Waals surface area contributed by atoms with Crippen molar-refractivity contribution < 1.29 is 9.59 Å². The van der Waals surface area contributed by atoms with Gasteiger partial charge in [-0.3, -0.25) is 9.59 Å². The smallest absolute Gasteiger partial charge is 0.251 e. The van der Waals surface area contributed by atoms with Gasteiger partial charge in [0.05, 0.1) is 0 Å². The van der Waals surface area contributed by atoms with Crippen LogP contribution in [0.3, 0.4) is 0 Å². The van der Waals surface area contributed by atoms with E-state index in [1.54, 1.807) is 0 Å². The number of nitrogens with one attached hydrogen (secondary N) is 3. The molecule has 3 atom stereocenters. The first-order valence-corrected chi connectivity index (χ1v) is 14.6. The van der Waals surface area contributed by atoms with Crippen LogP contribution in [0.25, 0.3) is 11.1 Å². The standard InChI is InChI=1S/C36H39N3O2/c1-26-11-10-12-27(23-26)25-38-36(41)33(17-8-9-22-37-34-24-32(34)30-15-6-3-7-16-30)39-35(40)31-20-18-29(19-21-31)28-13-4-2-5-14-28/h2-7,10-16,18-21,23,32-34,37H,8-9,17,22,24-25H2,1H3,(H,38,41)(H,39,40)/t32-,33+,34+/m1/s1. The maximum atomic E-state index is 13.2. The number of amides is 2. The Hall–Kier alpha value is -4.22. The van der Waals surface area contributed by atoms with Gasteiger partial charge in [-0.1, -0.05) is 103 Å². The number of carbonyl (C=O) groups excluding carboxylic acids is 2. The fourth-order valence-electron chi connectivity index (χ4n) is 5.34. The minimum Gasteiger partial charge on any atom is -0.350 e. The second-order valence-corrected chi connectivity index (χ2v) is 11.0. The molecule has 2 amide bonds. The predicted molar refractivity (Wildman–Crippen MR) is 166 cm³/mol.